The average molecular weight is 184 g/mol. The van der Waals surface area contributed by atoms with E-state index in [1.807, 2.05) is 13.1 Å². The molecule has 0 bridgehead atoms. The molecule has 3 heteroatoms. The number of hydrogen-bond donors (Lipinski definition) is 1. The molecular weight excluding hydrogens is 168 g/mol. The van der Waals surface area contributed by atoms with Crippen molar-refractivity contribution in [3.8, 4) is 0 Å². The summed E-state index contributed by atoms with van der Waals surface area (Å²) < 4.78 is 0. The molecule has 12 heavy (non-hydrogen) atoms. The Morgan fingerprint density at radius 3 is 2.92 bits per heavy atom. The van der Waals surface area contributed by atoms with Crippen LogP contribution in [0.3, 0.4) is 0 Å². The minimum atomic E-state index is 0.137. The zero-order valence-corrected chi connectivity index (χ0v) is 8.53. The minimum Gasteiger partial charge on any atom is -0.323 e. The number of thiazole rings is 1. The first-order chi connectivity index (χ1) is 5.74. The normalized spacial score (nSPS) is 13.2. The Hall–Kier alpha value is -0.410. The lowest BCUT2D eigenvalue weighted by Crippen LogP contribution is -2.01. The summed E-state index contributed by atoms with van der Waals surface area (Å²) in [5.74, 6) is 0. The highest BCUT2D eigenvalue weighted by Crippen LogP contribution is 2.19. The van der Waals surface area contributed by atoms with Gasteiger partial charge in [0.25, 0.3) is 0 Å². The van der Waals surface area contributed by atoms with Crippen LogP contribution in [-0.4, -0.2) is 4.98 Å². The van der Waals surface area contributed by atoms with Crippen LogP contribution in [0.2, 0.25) is 0 Å². The van der Waals surface area contributed by atoms with Crippen LogP contribution in [0.4, 0.5) is 0 Å². The van der Waals surface area contributed by atoms with Gasteiger partial charge in [0, 0.05) is 17.1 Å². The molecule has 1 rings (SSSR count). The molecule has 1 aromatic heterocycles. The van der Waals surface area contributed by atoms with Crippen molar-refractivity contribution in [2.24, 2.45) is 5.73 Å². The molecule has 0 saturated heterocycles. The summed E-state index contributed by atoms with van der Waals surface area (Å²) in [6.45, 7) is 4.19. The number of aryl methyl sites for hydroxylation is 1. The highest BCUT2D eigenvalue weighted by Gasteiger charge is 2.04. The van der Waals surface area contributed by atoms with Gasteiger partial charge in [0.05, 0.1) is 5.01 Å². The number of hydrogen-bond acceptors (Lipinski definition) is 3. The molecule has 1 atom stereocenters. The molecule has 1 aromatic rings. The number of aromatic nitrogens is 1. The molecule has 0 saturated carbocycles. The topological polar surface area (TPSA) is 38.9 Å². The van der Waals surface area contributed by atoms with Crippen LogP contribution >= 0.6 is 11.3 Å². The standard InChI is InChI=1S/C9H16N2S/c1-3-4-5-9-11-6-8(12-9)7(2)10/h6-7H,3-5,10H2,1-2H3. The molecule has 0 radical (unpaired) electrons. The van der Waals surface area contributed by atoms with Gasteiger partial charge in [-0.15, -0.1) is 11.3 Å². The largest absolute Gasteiger partial charge is 0.323 e. The second kappa shape index (κ2) is 4.58. The van der Waals surface area contributed by atoms with Crippen LogP contribution in [0.15, 0.2) is 6.20 Å². The van der Waals surface area contributed by atoms with Gasteiger partial charge in [-0.05, 0) is 19.8 Å². The van der Waals surface area contributed by atoms with Gasteiger partial charge >= 0.3 is 0 Å². The molecular formula is C9H16N2S. The van der Waals surface area contributed by atoms with Gasteiger partial charge in [0.15, 0.2) is 0 Å². The second-order valence-corrected chi connectivity index (χ2v) is 4.20. The maximum Gasteiger partial charge on any atom is 0.0928 e. The van der Waals surface area contributed by atoms with Gasteiger partial charge in [-0.2, -0.15) is 0 Å². The zero-order chi connectivity index (χ0) is 8.97. The van der Waals surface area contributed by atoms with Crippen molar-refractivity contribution in [1.29, 1.82) is 0 Å². The number of unbranched alkanes of at least 4 members (excludes halogenated alkanes) is 1. The number of nitrogens with two attached hydrogens (primary N) is 1. The summed E-state index contributed by atoms with van der Waals surface area (Å²) in [7, 11) is 0. The van der Waals surface area contributed by atoms with E-state index in [9.17, 15) is 0 Å². The van der Waals surface area contributed by atoms with Crippen molar-refractivity contribution in [2.75, 3.05) is 0 Å². The maximum atomic E-state index is 5.73. The third-order valence-corrected chi connectivity index (χ3v) is 3.02. The summed E-state index contributed by atoms with van der Waals surface area (Å²) in [6, 6.07) is 0.137. The van der Waals surface area contributed by atoms with E-state index >= 15 is 0 Å². The van der Waals surface area contributed by atoms with Gasteiger partial charge in [-0.25, -0.2) is 4.98 Å². The number of nitrogens with zero attached hydrogens (tertiary/aromatic N) is 1. The fourth-order valence-corrected chi connectivity index (χ4v) is 1.89. The van der Waals surface area contributed by atoms with Gasteiger partial charge in [-0.3, -0.25) is 0 Å². The van der Waals surface area contributed by atoms with Crippen LogP contribution in [0.5, 0.6) is 0 Å². The monoisotopic (exact) mass is 184 g/mol. The highest BCUT2D eigenvalue weighted by molar-refractivity contribution is 7.11. The molecule has 1 heterocycles. The van der Waals surface area contributed by atoms with Gasteiger partial charge < -0.3 is 5.73 Å². The second-order valence-electron chi connectivity index (χ2n) is 3.05. The predicted molar refractivity (Wildman–Crippen MR) is 53.3 cm³/mol. The molecule has 1 unspecified atom stereocenters. The Bertz CT molecular complexity index is 230. The Morgan fingerprint density at radius 2 is 2.42 bits per heavy atom. The summed E-state index contributed by atoms with van der Waals surface area (Å²) in [6.07, 6.45) is 5.47. The first-order valence-corrected chi connectivity index (χ1v) is 5.26. The molecule has 2 N–H and O–H groups in total. The van der Waals surface area contributed by atoms with Crippen molar-refractivity contribution >= 4 is 11.3 Å². The third-order valence-electron chi connectivity index (χ3n) is 1.76. The summed E-state index contributed by atoms with van der Waals surface area (Å²) in [4.78, 5) is 5.51. The molecule has 0 aromatic carbocycles. The van der Waals surface area contributed by atoms with Gasteiger partial charge in [0.1, 0.15) is 0 Å². The minimum absolute atomic E-state index is 0.137. The van der Waals surface area contributed by atoms with Crippen LogP contribution in [0, 0.1) is 0 Å². The van der Waals surface area contributed by atoms with Crippen molar-refractivity contribution in [3.05, 3.63) is 16.1 Å². The van der Waals surface area contributed by atoms with Crippen LogP contribution < -0.4 is 5.73 Å². The van der Waals surface area contributed by atoms with Crippen molar-refractivity contribution in [1.82, 2.24) is 4.98 Å². The van der Waals surface area contributed by atoms with Crippen LogP contribution in [0.25, 0.3) is 0 Å². The lowest BCUT2D eigenvalue weighted by molar-refractivity contribution is 0.789. The quantitative estimate of drug-likeness (QED) is 0.781. The Balaban J connectivity index is 2.52. The fourth-order valence-electron chi connectivity index (χ4n) is 0.978. The molecule has 0 spiro atoms. The molecule has 0 aliphatic carbocycles. The molecule has 2 nitrogen and oxygen atoms in total. The maximum absolute atomic E-state index is 5.73. The van der Waals surface area contributed by atoms with Gasteiger partial charge in [0.2, 0.25) is 0 Å². The number of rotatable bonds is 4. The van der Waals surface area contributed by atoms with E-state index in [0.29, 0.717) is 0 Å². The SMILES string of the molecule is CCCCc1ncc(C(C)N)s1. The van der Waals surface area contributed by atoms with Crippen molar-refractivity contribution in [3.63, 3.8) is 0 Å². The smallest absolute Gasteiger partial charge is 0.0928 e. The molecule has 0 aliphatic heterocycles. The molecule has 68 valence electrons. The van der Waals surface area contributed by atoms with E-state index in [1.54, 1.807) is 11.3 Å². The summed E-state index contributed by atoms with van der Waals surface area (Å²) in [5.41, 5.74) is 5.73. The van der Waals surface area contributed by atoms with E-state index in [-0.39, 0.29) is 6.04 Å². The van der Waals surface area contributed by atoms with E-state index in [2.05, 4.69) is 11.9 Å². The lowest BCUT2D eigenvalue weighted by Gasteiger charge is -1.96. The van der Waals surface area contributed by atoms with E-state index in [4.69, 9.17) is 5.73 Å². The van der Waals surface area contributed by atoms with Crippen molar-refractivity contribution < 1.29 is 0 Å². The van der Waals surface area contributed by atoms with Gasteiger partial charge in [-0.1, -0.05) is 13.3 Å². The lowest BCUT2D eigenvalue weighted by atomic mass is 10.3. The summed E-state index contributed by atoms with van der Waals surface area (Å²) in [5, 5.41) is 1.23. The Kier molecular flexibility index (Phi) is 3.69. The average Bonchev–Trinajstić information content (AvgIpc) is 2.48. The third kappa shape index (κ3) is 2.57. The van der Waals surface area contributed by atoms with E-state index in [0.717, 1.165) is 6.42 Å². The van der Waals surface area contributed by atoms with E-state index in [1.165, 1.54) is 22.7 Å². The Labute approximate surface area is 77.8 Å². The van der Waals surface area contributed by atoms with Crippen LogP contribution in [-0.2, 0) is 6.42 Å². The molecule has 0 fully saturated rings. The van der Waals surface area contributed by atoms with Crippen LogP contribution in [0.1, 0.15) is 42.6 Å². The first kappa shape index (κ1) is 9.68. The fraction of sp³-hybridized carbons (Fsp3) is 0.667. The molecule has 0 aliphatic rings. The van der Waals surface area contributed by atoms with E-state index < -0.39 is 0 Å². The molecule has 0 amide bonds. The highest BCUT2D eigenvalue weighted by atomic mass is 32.1. The zero-order valence-electron chi connectivity index (χ0n) is 7.71. The summed E-state index contributed by atoms with van der Waals surface area (Å²) >= 11 is 1.74. The Morgan fingerprint density at radius 1 is 1.67 bits per heavy atom. The van der Waals surface area contributed by atoms with Crippen molar-refractivity contribution in [2.45, 2.75) is 39.2 Å². The first-order valence-electron chi connectivity index (χ1n) is 4.44. The predicted octanol–water partition coefficient (Wildman–Crippen LogP) is 2.51.